The second kappa shape index (κ2) is 14.2. The number of hydrogen-bond donors (Lipinski definition) is 0. The van der Waals surface area contributed by atoms with Crippen LogP contribution in [-0.4, -0.2) is 75.6 Å². The van der Waals surface area contributed by atoms with Crippen molar-refractivity contribution in [2.24, 2.45) is 0 Å². The molecule has 0 aliphatic carbocycles. The van der Waals surface area contributed by atoms with Gasteiger partial charge in [0.05, 0.1) is 0 Å². The van der Waals surface area contributed by atoms with Gasteiger partial charge in [-0.05, 0) is 61.6 Å². The van der Waals surface area contributed by atoms with Gasteiger partial charge in [-0.25, -0.2) is 0 Å². The van der Waals surface area contributed by atoms with Gasteiger partial charge >= 0.3 is 17.8 Å². The highest BCUT2D eigenvalue weighted by Crippen LogP contribution is 2.21. The van der Waals surface area contributed by atoms with Crippen molar-refractivity contribution in [1.82, 2.24) is 4.57 Å². The lowest BCUT2D eigenvalue weighted by molar-refractivity contribution is 0.0226. The minimum absolute atomic E-state index is 0.562. The molecule has 9 heteroatoms. The molecule has 152 valence electrons. The van der Waals surface area contributed by atoms with Gasteiger partial charge in [0.25, 0.3) is 0 Å². The van der Waals surface area contributed by atoms with Gasteiger partial charge in [-0.15, -0.1) is 0 Å². The van der Waals surface area contributed by atoms with Crippen LogP contribution in [0.4, 0.5) is 0 Å². The molecule has 0 saturated carbocycles. The molecule has 0 aromatic heterocycles. The molecule has 0 fully saturated rings. The molecule has 0 aromatic rings. The molecule has 0 radical (unpaired) electrons. The first-order valence-electron chi connectivity index (χ1n) is 9.54. The van der Waals surface area contributed by atoms with Gasteiger partial charge in [0, 0.05) is 45.7 Å². The molecule has 7 nitrogen and oxygen atoms in total. The van der Waals surface area contributed by atoms with Gasteiger partial charge in [-0.2, -0.15) is 0 Å². The number of nitrogens with zero attached hydrogens (tertiary/aromatic N) is 1. The van der Waals surface area contributed by atoms with Gasteiger partial charge in [-0.3, -0.25) is 4.57 Å². The minimum atomic E-state index is -2.82. The highest BCUT2D eigenvalue weighted by molar-refractivity contribution is 6.60. The van der Waals surface area contributed by atoms with E-state index in [1.165, 1.54) is 0 Å². The Morgan fingerprint density at radius 3 is 1.28 bits per heavy atom. The predicted molar refractivity (Wildman–Crippen MR) is 103 cm³/mol. The van der Waals surface area contributed by atoms with Crippen LogP contribution in [0.1, 0.15) is 48.0 Å². The van der Waals surface area contributed by atoms with E-state index in [9.17, 15) is 0 Å². The maximum absolute atomic E-state index is 5.94. The Balaban J connectivity index is 4.90. The zero-order valence-electron chi connectivity index (χ0n) is 17.3. The van der Waals surface area contributed by atoms with Crippen LogP contribution in [0.3, 0.4) is 0 Å². The van der Waals surface area contributed by atoms with Crippen molar-refractivity contribution in [2.75, 3.05) is 53.2 Å². The fourth-order valence-corrected chi connectivity index (χ4v) is 7.70. The van der Waals surface area contributed by atoms with Crippen molar-refractivity contribution < 1.29 is 26.6 Å². The van der Waals surface area contributed by atoms with E-state index in [0.717, 1.165) is 19.0 Å². The minimum Gasteiger partial charge on any atom is -0.374 e. The summed E-state index contributed by atoms with van der Waals surface area (Å²) in [5.41, 5.74) is 0. The summed E-state index contributed by atoms with van der Waals surface area (Å²) in [7, 11) is -3.44. The van der Waals surface area contributed by atoms with E-state index < -0.39 is 17.8 Å². The summed E-state index contributed by atoms with van der Waals surface area (Å²) < 4.78 is 37.6. The smallest absolute Gasteiger partial charge is 0.374 e. The standard InChI is InChI=1S/C16H39NO6Si2/c1-8-18-24(19-9-2,20-10-3)16-14-15-17(7)25(21-11-4,22-12-5)23-13-6/h8-16H2,1-7H3. The third kappa shape index (κ3) is 8.59. The van der Waals surface area contributed by atoms with Crippen LogP contribution in [-0.2, 0) is 26.6 Å². The highest BCUT2D eigenvalue weighted by Gasteiger charge is 2.47. The van der Waals surface area contributed by atoms with Crippen molar-refractivity contribution in [3.8, 4) is 0 Å². The van der Waals surface area contributed by atoms with Crippen molar-refractivity contribution in [2.45, 2.75) is 54.0 Å². The van der Waals surface area contributed by atoms with Crippen LogP contribution < -0.4 is 0 Å². The summed E-state index contributed by atoms with van der Waals surface area (Å²) in [6.45, 7) is 16.1. The topological polar surface area (TPSA) is 58.6 Å². The fraction of sp³-hybridized carbons (Fsp3) is 1.00. The first kappa shape index (κ1) is 25.2. The van der Waals surface area contributed by atoms with E-state index in [-0.39, 0.29) is 0 Å². The molecule has 0 bridgehead atoms. The lowest BCUT2D eigenvalue weighted by Crippen LogP contribution is -2.60. The molecule has 0 aliphatic rings. The largest absolute Gasteiger partial charge is 0.599 e. The Labute approximate surface area is 156 Å². The lowest BCUT2D eigenvalue weighted by Gasteiger charge is -2.35. The lowest BCUT2D eigenvalue weighted by atomic mass is 10.5. The molecule has 0 rings (SSSR count). The molecule has 0 atom stereocenters. The van der Waals surface area contributed by atoms with Gasteiger partial charge < -0.3 is 26.6 Å². The van der Waals surface area contributed by atoms with E-state index in [1.54, 1.807) is 0 Å². The second-order valence-electron chi connectivity index (χ2n) is 5.33. The molecule has 0 N–H and O–H groups in total. The van der Waals surface area contributed by atoms with E-state index in [4.69, 9.17) is 26.6 Å². The number of hydrogen-bond acceptors (Lipinski definition) is 7. The van der Waals surface area contributed by atoms with Crippen LogP contribution in [0.25, 0.3) is 0 Å². The van der Waals surface area contributed by atoms with Crippen LogP contribution in [0, 0.1) is 0 Å². The molecule has 0 spiro atoms. The molecular formula is C16H39NO6Si2. The fourth-order valence-electron chi connectivity index (χ4n) is 2.67. The molecule has 0 amide bonds. The normalized spacial score (nSPS) is 13.0. The quantitative estimate of drug-likeness (QED) is 0.350. The van der Waals surface area contributed by atoms with Gasteiger partial charge in [0.1, 0.15) is 0 Å². The molecule has 0 aromatic carbocycles. The predicted octanol–water partition coefficient (Wildman–Crippen LogP) is 2.90. The zero-order valence-corrected chi connectivity index (χ0v) is 19.3. The van der Waals surface area contributed by atoms with Gasteiger partial charge in [0.2, 0.25) is 0 Å². The zero-order chi connectivity index (χ0) is 19.2. The van der Waals surface area contributed by atoms with Crippen LogP contribution in [0.5, 0.6) is 0 Å². The Kier molecular flexibility index (Phi) is 14.3. The summed E-state index contributed by atoms with van der Waals surface area (Å²) in [5.74, 6) is 0. The second-order valence-corrected chi connectivity index (χ2v) is 10.7. The van der Waals surface area contributed by atoms with Crippen molar-refractivity contribution in [3.63, 3.8) is 0 Å². The van der Waals surface area contributed by atoms with Crippen molar-refractivity contribution in [1.29, 1.82) is 0 Å². The first-order valence-corrected chi connectivity index (χ1v) is 13.1. The molecule has 0 aliphatic heterocycles. The summed E-state index contributed by atoms with van der Waals surface area (Å²) in [6.07, 6.45) is 0.866. The van der Waals surface area contributed by atoms with Crippen LogP contribution in [0.2, 0.25) is 6.04 Å². The van der Waals surface area contributed by atoms with Crippen LogP contribution >= 0.6 is 0 Å². The van der Waals surface area contributed by atoms with E-state index in [2.05, 4.69) is 4.57 Å². The maximum atomic E-state index is 5.94. The summed E-state index contributed by atoms with van der Waals surface area (Å²) in [4.78, 5) is 0. The first-order chi connectivity index (χ1) is 12.0. The molecular weight excluding hydrogens is 358 g/mol. The molecule has 25 heavy (non-hydrogen) atoms. The monoisotopic (exact) mass is 397 g/mol. The van der Waals surface area contributed by atoms with E-state index in [1.807, 2.05) is 48.6 Å². The molecule has 0 heterocycles. The van der Waals surface area contributed by atoms with Crippen molar-refractivity contribution >= 4 is 17.8 Å². The molecule has 0 unspecified atom stereocenters. The Morgan fingerprint density at radius 2 is 0.960 bits per heavy atom. The Morgan fingerprint density at radius 1 is 0.600 bits per heavy atom. The summed E-state index contributed by atoms with van der Waals surface area (Å²) in [5, 5.41) is 0. The van der Waals surface area contributed by atoms with E-state index in [0.29, 0.717) is 39.6 Å². The maximum Gasteiger partial charge on any atom is 0.599 e. The molecule has 0 saturated heterocycles. The third-order valence-electron chi connectivity index (χ3n) is 3.52. The van der Waals surface area contributed by atoms with Crippen molar-refractivity contribution in [3.05, 3.63) is 0 Å². The Hall–Kier alpha value is 0.154. The SMILES string of the molecule is CCO[Si](CCCN(C)[Si](OCC)(OCC)OCC)(OCC)OCC. The number of rotatable bonds is 17. The summed E-state index contributed by atoms with van der Waals surface area (Å²) in [6, 6.07) is 0.766. The average molecular weight is 398 g/mol. The Bertz CT molecular complexity index is 291. The average Bonchev–Trinajstić information content (AvgIpc) is 2.56. The highest BCUT2D eigenvalue weighted by atomic mass is 28.4. The van der Waals surface area contributed by atoms with E-state index >= 15 is 0 Å². The van der Waals surface area contributed by atoms with Gasteiger partial charge in [-0.1, -0.05) is 0 Å². The van der Waals surface area contributed by atoms with Crippen LogP contribution in [0.15, 0.2) is 0 Å². The third-order valence-corrected chi connectivity index (χ3v) is 9.79. The summed E-state index contributed by atoms with van der Waals surface area (Å²) >= 11 is 0. The van der Waals surface area contributed by atoms with Gasteiger partial charge in [0.15, 0.2) is 0 Å².